The molecule has 0 saturated heterocycles. The molecule has 0 N–H and O–H groups in total. The van der Waals surface area contributed by atoms with Crippen LogP contribution in [-0.4, -0.2) is 0 Å². The summed E-state index contributed by atoms with van der Waals surface area (Å²) in [6.45, 7) is 9.62. The topological polar surface area (TPSA) is 0 Å². The van der Waals surface area contributed by atoms with Crippen molar-refractivity contribution in [2.45, 2.75) is 66.2 Å². The molecule has 0 spiro atoms. The largest absolute Gasteiger partial charge is 0.0654 e. The second-order valence-corrected chi connectivity index (χ2v) is 5.50. The van der Waals surface area contributed by atoms with Crippen molar-refractivity contribution >= 4 is 0 Å². The highest BCUT2D eigenvalue weighted by Crippen LogP contribution is 2.41. The summed E-state index contributed by atoms with van der Waals surface area (Å²) in [4.78, 5) is 0. The first-order valence-electron chi connectivity index (χ1n) is 6.69. The lowest BCUT2D eigenvalue weighted by Crippen LogP contribution is -2.28. The van der Waals surface area contributed by atoms with Gasteiger partial charge in [-0.05, 0) is 36.5 Å². The van der Waals surface area contributed by atoms with Crippen LogP contribution >= 0.6 is 0 Å². The summed E-state index contributed by atoms with van der Waals surface area (Å²) in [5.74, 6) is 4.02. The molecule has 84 valence electrons. The van der Waals surface area contributed by atoms with E-state index in [1.54, 1.807) is 0 Å². The third-order valence-corrected chi connectivity index (χ3v) is 4.41. The van der Waals surface area contributed by atoms with E-state index in [-0.39, 0.29) is 0 Å². The smallest absolute Gasteiger partial charge is 0.0386 e. The van der Waals surface area contributed by atoms with Gasteiger partial charge in [0.25, 0.3) is 0 Å². The van der Waals surface area contributed by atoms with Gasteiger partial charge < -0.3 is 0 Å². The summed E-state index contributed by atoms with van der Waals surface area (Å²) in [5.41, 5.74) is 0. The van der Waals surface area contributed by atoms with Crippen LogP contribution in [0.3, 0.4) is 0 Å². The molecule has 4 unspecified atom stereocenters. The van der Waals surface area contributed by atoms with Gasteiger partial charge in [0.15, 0.2) is 0 Å². The fourth-order valence-corrected chi connectivity index (χ4v) is 3.26. The molecular formula is C14H28. The molecule has 0 bridgehead atoms. The van der Waals surface area contributed by atoms with Crippen molar-refractivity contribution in [3.05, 3.63) is 0 Å². The minimum atomic E-state index is 0.980. The van der Waals surface area contributed by atoms with Gasteiger partial charge in [-0.3, -0.25) is 0 Å². The second kappa shape index (κ2) is 5.78. The Morgan fingerprint density at radius 3 is 2.14 bits per heavy atom. The summed E-state index contributed by atoms with van der Waals surface area (Å²) in [6, 6.07) is 0. The predicted octanol–water partition coefficient (Wildman–Crippen LogP) is 4.89. The van der Waals surface area contributed by atoms with Crippen molar-refractivity contribution in [3.63, 3.8) is 0 Å². The summed E-state index contributed by atoms with van der Waals surface area (Å²) < 4.78 is 0. The van der Waals surface area contributed by atoms with Crippen molar-refractivity contribution < 1.29 is 0 Å². The van der Waals surface area contributed by atoms with Crippen molar-refractivity contribution in [1.82, 2.24) is 0 Å². The Hall–Kier alpha value is 0. The number of hydrogen-bond donors (Lipinski definition) is 0. The summed E-state index contributed by atoms with van der Waals surface area (Å²) in [7, 11) is 0. The van der Waals surface area contributed by atoms with E-state index in [0.717, 1.165) is 23.7 Å². The van der Waals surface area contributed by atoms with Gasteiger partial charge in [-0.15, -0.1) is 0 Å². The first-order valence-corrected chi connectivity index (χ1v) is 6.69. The maximum atomic E-state index is 2.47. The predicted molar refractivity (Wildman–Crippen MR) is 64.4 cm³/mol. The molecular weight excluding hydrogens is 168 g/mol. The van der Waals surface area contributed by atoms with Gasteiger partial charge in [0.05, 0.1) is 0 Å². The van der Waals surface area contributed by atoms with Crippen LogP contribution in [0, 0.1) is 23.7 Å². The lowest BCUT2D eigenvalue weighted by molar-refractivity contribution is 0.121. The number of hydrogen-bond acceptors (Lipinski definition) is 0. The summed E-state index contributed by atoms with van der Waals surface area (Å²) in [6.07, 6.45) is 8.69. The molecule has 0 nitrogen and oxygen atoms in total. The molecule has 14 heavy (non-hydrogen) atoms. The molecule has 0 aromatic heterocycles. The molecule has 4 atom stereocenters. The average molecular weight is 196 g/mol. The van der Waals surface area contributed by atoms with Crippen LogP contribution < -0.4 is 0 Å². The standard InChI is InChI=1S/C14H28/c1-5-7-8-14-10-13(6-2)11(3)9-12(14)4/h11-14H,5-10H2,1-4H3. The van der Waals surface area contributed by atoms with Crippen molar-refractivity contribution in [2.24, 2.45) is 23.7 Å². The fraction of sp³-hybridized carbons (Fsp3) is 1.00. The Morgan fingerprint density at radius 2 is 1.57 bits per heavy atom. The number of rotatable bonds is 4. The number of unbranched alkanes of at least 4 members (excludes halogenated alkanes) is 1. The van der Waals surface area contributed by atoms with Crippen LogP contribution in [0.2, 0.25) is 0 Å². The van der Waals surface area contributed by atoms with Gasteiger partial charge in [0.1, 0.15) is 0 Å². The Labute approximate surface area is 90.5 Å². The average Bonchev–Trinajstić information content (AvgIpc) is 2.17. The van der Waals surface area contributed by atoms with Gasteiger partial charge in [-0.2, -0.15) is 0 Å². The third kappa shape index (κ3) is 3.00. The monoisotopic (exact) mass is 196 g/mol. The van der Waals surface area contributed by atoms with Gasteiger partial charge in [0.2, 0.25) is 0 Å². The van der Waals surface area contributed by atoms with Gasteiger partial charge in [-0.25, -0.2) is 0 Å². The highest BCUT2D eigenvalue weighted by molar-refractivity contribution is 4.81. The molecule has 0 radical (unpaired) electrons. The minimum absolute atomic E-state index is 0.980. The van der Waals surface area contributed by atoms with Crippen LogP contribution in [0.15, 0.2) is 0 Å². The zero-order valence-corrected chi connectivity index (χ0v) is 10.6. The van der Waals surface area contributed by atoms with Gasteiger partial charge >= 0.3 is 0 Å². The summed E-state index contributed by atoms with van der Waals surface area (Å²) >= 11 is 0. The van der Waals surface area contributed by atoms with E-state index in [1.807, 2.05) is 0 Å². The Kier molecular flexibility index (Phi) is 4.98. The molecule has 1 saturated carbocycles. The van der Waals surface area contributed by atoms with Crippen molar-refractivity contribution in [1.29, 1.82) is 0 Å². The molecule has 1 aliphatic rings. The Morgan fingerprint density at radius 1 is 0.929 bits per heavy atom. The lowest BCUT2D eigenvalue weighted by atomic mass is 9.67. The quantitative estimate of drug-likeness (QED) is 0.601. The van der Waals surface area contributed by atoms with Gasteiger partial charge in [-0.1, -0.05) is 53.4 Å². The van der Waals surface area contributed by atoms with E-state index < -0.39 is 0 Å². The van der Waals surface area contributed by atoms with Crippen molar-refractivity contribution in [3.8, 4) is 0 Å². The van der Waals surface area contributed by atoms with E-state index in [9.17, 15) is 0 Å². The highest BCUT2D eigenvalue weighted by Gasteiger charge is 2.30. The Bertz CT molecular complexity index is 150. The SMILES string of the molecule is CCCCC1CC(CC)C(C)CC1C. The minimum Gasteiger partial charge on any atom is -0.0654 e. The lowest BCUT2D eigenvalue weighted by Gasteiger charge is -2.38. The molecule has 1 aliphatic carbocycles. The molecule has 0 heterocycles. The van der Waals surface area contributed by atoms with Crippen LogP contribution in [0.5, 0.6) is 0 Å². The molecule has 0 amide bonds. The molecule has 1 rings (SSSR count). The van der Waals surface area contributed by atoms with Crippen LogP contribution in [0.25, 0.3) is 0 Å². The van der Waals surface area contributed by atoms with E-state index in [4.69, 9.17) is 0 Å². The van der Waals surface area contributed by atoms with Crippen LogP contribution in [0.1, 0.15) is 66.2 Å². The second-order valence-electron chi connectivity index (χ2n) is 5.50. The maximum absolute atomic E-state index is 2.47. The fourth-order valence-electron chi connectivity index (χ4n) is 3.26. The van der Waals surface area contributed by atoms with Crippen LogP contribution in [-0.2, 0) is 0 Å². The van der Waals surface area contributed by atoms with Crippen molar-refractivity contribution in [2.75, 3.05) is 0 Å². The third-order valence-electron chi connectivity index (χ3n) is 4.41. The first-order chi connectivity index (χ1) is 6.69. The summed E-state index contributed by atoms with van der Waals surface area (Å²) in [5, 5.41) is 0. The van der Waals surface area contributed by atoms with E-state index in [2.05, 4.69) is 27.7 Å². The normalized spacial score (nSPS) is 38.6. The molecule has 0 aromatic carbocycles. The van der Waals surface area contributed by atoms with E-state index in [1.165, 1.54) is 38.5 Å². The molecule has 0 aromatic rings. The first kappa shape index (κ1) is 12.1. The van der Waals surface area contributed by atoms with Gasteiger partial charge in [0, 0.05) is 0 Å². The highest BCUT2D eigenvalue weighted by atomic mass is 14.4. The van der Waals surface area contributed by atoms with Crippen LogP contribution in [0.4, 0.5) is 0 Å². The zero-order valence-electron chi connectivity index (χ0n) is 10.6. The molecule has 0 aliphatic heterocycles. The molecule has 1 fully saturated rings. The Balaban J connectivity index is 2.42. The van der Waals surface area contributed by atoms with E-state index in [0.29, 0.717) is 0 Å². The zero-order chi connectivity index (χ0) is 10.6. The maximum Gasteiger partial charge on any atom is -0.0386 e. The molecule has 0 heteroatoms. The van der Waals surface area contributed by atoms with E-state index >= 15 is 0 Å².